The van der Waals surface area contributed by atoms with Crippen molar-refractivity contribution in [2.45, 2.75) is 18.9 Å². The Morgan fingerprint density at radius 2 is 2.00 bits per heavy atom. The molecule has 1 rings (SSSR count). The van der Waals surface area contributed by atoms with Crippen molar-refractivity contribution < 1.29 is 15.0 Å². The Bertz CT molecular complexity index is 428. The van der Waals surface area contributed by atoms with Gasteiger partial charge >= 0.3 is 0 Å². The first-order valence-corrected chi connectivity index (χ1v) is 6.10. The summed E-state index contributed by atoms with van der Waals surface area (Å²) in [5.41, 5.74) is -1.13. The van der Waals surface area contributed by atoms with Gasteiger partial charge in [0, 0.05) is 0 Å². The minimum atomic E-state index is -1.09. The average molecular weight is 293 g/mol. The Morgan fingerprint density at radius 1 is 1.39 bits per heavy atom. The van der Waals surface area contributed by atoms with Crippen LogP contribution in [0.2, 0.25) is 10.2 Å². The van der Waals surface area contributed by atoms with Gasteiger partial charge in [-0.25, -0.2) is 4.98 Å². The first kappa shape index (κ1) is 15.2. The molecule has 0 aliphatic rings. The van der Waals surface area contributed by atoms with Gasteiger partial charge in [0.1, 0.15) is 10.8 Å². The van der Waals surface area contributed by atoms with Crippen LogP contribution in [0.3, 0.4) is 0 Å². The molecule has 18 heavy (non-hydrogen) atoms. The van der Waals surface area contributed by atoms with E-state index < -0.39 is 11.4 Å². The van der Waals surface area contributed by atoms with Crippen LogP contribution in [0.25, 0.3) is 0 Å². The quantitative estimate of drug-likeness (QED) is 0.714. The highest BCUT2D eigenvalue weighted by atomic mass is 35.5. The number of nitrogens with one attached hydrogen (secondary N) is 1. The summed E-state index contributed by atoms with van der Waals surface area (Å²) in [7, 11) is 0. The van der Waals surface area contributed by atoms with Crippen LogP contribution in [-0.4, -0.2) is 39.9 Å². The maximum atomic E-state index is 12.0. The summed E-state index contributed by atoms with van der Waals surface area (Å²) >= 11 is 11.5. The van der Waals surface area contributed by atoms with Crippen molar-refractivity contribution in [3.8, 4) is 0 Å². The monoisotopic (exact) mass is 292 g/mol. The third-order valence-corrected chi connectivity index (χ3v) is 3.20. The van der Waals surface area contributed by atoms with E-state index in [1.807, 2.05) is 0 Å². The van der Waals surface area contributed by atoms with Gasteiger partial charge in [-0.2, -0.15) is 0 Å². The maximum absolute atomic E-state index is 12.0. The number of halogens is 2. The van der Waals surface area contributed by atoms with E-state index in [-0.39, 0.29) is 29.1 Å². The summed E-state index contributed by atoms with van der Waals surface area (Å²) in [6.07, 6.45) is 0.365. The first-order chi connectivity index (χ1) is 8.48. The van der Waals surface area contributed by atoms with Crippen molar-refractivity contribution in [2.24, 2.45) is 0 Å². The number of carbonyl (C=O) groups excluding carboxylic acids is 1. The molecular weight excluding hydrogens is 279 g/mol. The number of amides is 1. The third-order valence-electron chi connectivity index (χ3n) is 2.69. The molecule has 100 valence electrons. The van der Waals surface area contributed by atoms with Gasteiger partial charge in [-0.05, 0) is 18.6 Å². The molecule has 0 fully saturated rings. The van der Waals surface area contributed by atoms with Gasteiger partial charge in [0.05, 0.1) is 23.8 Å². The molecule has 0 bridgehead atoms. The number of aliphatic hydroxyl groups is 2. The molecule has 0 radical (unpaired) electrons. The Morgan fingerprint density at radius 3 is 2.50 bits per heavy atom. The van der Waals surface area contributed by atoms with E-state index >= 15 is 0 Å². The van der Waals surface area contributed by atoms with Crippen molar-refractivity contribution >= 4 is 29.1 Å². The minimum Gasteiger partial charge on any atom is -0.394 e. The molecule has 0 unspecified atom stereocenters. The van der Waals surface area contributed by atoms with Crippen LogP contribution in [0.1, 0.15) is 23.8 Å². The average Bonchev–Trinajstić information content (AvgIpc) is 2.38. The molecule has 1 amide bonds. The Balaban J connectivity index is 2.97. The molecule has 1 aromatic heterocycles. The fourth-order valence-corrected chi connectivity index (χ4v) is 1.66. The van der Waals surface area contributed by atoms with E-state index in [0.29, 0.717) is 6.42 Å². The lowest BCUT2D eigenvalue weighted by Gasteiger charge is -2.29. The van der Waals surface area contributed by atoms with Crippen molar-refractivity contribution in [3.05, 3.63) is 28.0 Å². The van der Waals surface area contributed by atoms with Crippen LogP contribution >= 0.6 is 23.2 Å². The van der Waals surface area contributed by atoms with Crippen LogP contribution < -0.4 is 5.32 Å². The Labute approximate surface area is 115 Å². The van der Waals surface area contributed by atoms with E-state index in [1.54, 1.807) is 6.92 Å². The maximum Gasteiger partial charge on any atom is 0.272 e. The standard InChI is InChI=1S/C11H14Cl2N2O3/c1-2-11(5-16,6-17)15-10(18)9-7(12)3-4-8(13)14-9/h3-4,16-17H,2,5-6H2,1H3,(H,15,18). The summed E-state index contributed by atoms with van der Waals surface area (Å²) in [4.78, 5) is 15.8. The fraction of sp³-hybridized carbons (Fsp3) is 0.455. The zero-order chi connectivity index (χ0) is 13.8. The summed E-state index contributed by atoms with van der Waals surface area (Å²) in [5.74, 6) is -0.590. The molecule has 3 N–H and O–H groups in total. The highest BCUT2D eigenvalue weighted by molar-refractivity contribution is 6.34. The highest BCUT2D eigenvalue weighted by Crippen LogP contribution is 2.18. The largest absolute Gasteiger partial charge is 0.394 e. The predicted octanol–water partition coefficient (Wildman–Crippen LogP) is 1.25. The number of aliphatic hydroxyl groups excluding tert-OH is 2. The van der Waals surface area contributed by atoms with E-state index in [9.17, 15) is 15.0 Å². The zero-order valence-corrected chi connectivity index (χ0v) is 11.3. The normalized spacial score (nSPS) is 11.4. The second-order valence-corrected chi connectivity index (χ2v) is 4.66. The van der Waals surface area contributed by atoms with Crippen LogP contribution in [0.4, 0.5) is 0 Å². The fourth-order valence-electron chi connectivity index (χ4n) is 1.32. The topological polar surface area (TPSA) is 82.5 Å². The number of rotatable bonds is 5. The van der Waals surface area contributed by atoms with Crippen LogP contribution in [0.15, 0.2) is 12.1 Å². The van der Waals surface area contributed by atoms with Gasteiger partial charge in [-0.1, -0.05) is 30.1 Å². The molecule has 0 saturated heterocycles. The van der Waals surface area contributed by atoms with E-state index in [1.165, 1.54) is 12.1 Å². The van der Waals surface area contributed by atoms with E-state index in [2.05, 4.69) is 10.3 Å². The number of pyridine rings is 1. The Kier molecular flexibility index (Phi) is 5.34. The molecule has 1 aromatic rings. The van der Waals surface area contributed by atoms with Crippen molar-refractivity contribution in [1.82, 2.24) is 10.3 Å². The highest BCUT2D eigenvalue weighted by Gasteiger charge is 2.30. The van der Waals surface area contributed by atoms with Gasteiger partial charge in [0.25, 0.3) is 5.91 Å². The van der Waals surface area contributed by atoms with Gasteiger partial charge < -0.3 is 15.5 Å². The summed E-state index contributed by atoms with van der Waals surface area (Å²) in [6, 6.07) is 2.92. The third kappa shape index (κ3) is 3.32. The van der Waals surface area contributed by atoms with Crippen molar-refractivity contribution in [1.29, 1.82) is 0 Å². The lowest BCUT2D eigenvalue weighted by Crippen LogP contribution is -2.54. The Hall–Kier alpha value is -0.880. The van der Waals surface area contributed by atoms with Crippen molar-refractivity contribution in [2.75, 3.05) is 13.2 Å². The molecule has 0 spiro atoms. The smallest absolute Gasteiger partial charge is 0.272 e. The molecule has 0 aliphatic heterocycles. The summed E-state index contributed by atoms with van der Waals surface area (Å²) in [5, 5.41) is 21.3. The van der Waals surface area contributed by atoms with Gasteiger partial charge in [-0.3, -0.25) is 4.79 Å². The summed E-state index contributed by atoms with van der Waals surface area (Å²) < 4.78 is 0. The number of hydrogen-bond acceptors (Lipinski definition) is 4. The van der Waals surface area contributed by atoms with Gasteiger partial charge in [-0.15, -0.1) is 0 Å². The molecule has 0 atom stereocenters. The lowest BCUT2D eigenvalue weighted by atomic mass is 9.98. The molecule has 0 aromatic carbocycles. The van der Waals surface area contributed by atoms with Gasteiger partial charge in [0.2, 0.25) is 0 Å². The molecule has 1 heterocycles. The van der Waals surface area contributed by atoms with E-state index in [0.717, 1.165) is 0 Å². The number of nitrogens with zero attached hydrogens (tertiary/aromatic N) is 1. The SMILES string of the molecule is CCC(CO)(CO)NC(=O)c1nc(Cl)ccc1Cl. The van der Waals surface area contributed by atoms with Crippen molar-refractivity contribution in [3.63, 3.8) is 0 Å². The van der Waals surface area contributed by atoms with Crippen LogP contribution in [0.5, 0.6) is 0 Å². The minimum absolute atomic E-state index is 0.0381. The first-order valence-electron chi connectivity index (χ1n) is 5.34. The number of carbonyl (C=O) groups is 1. The molecule has 5 nitrogen and oxygen atoms in total. The predicted molar refractivity (Wildman–Crippen MR) is 68.9 cm³/mol. The van der Waals surface area contributed by atoms with E-state index in [4.69, 9.17) is 23.2 Å². The lowest BCUT2D eigenvalue weighted by molar-refractivity contribution is 0.0649. The zero-order valence-electron chi connectivity index (χ0n) is 9.78. The molecular formula is C11H14Cl2N2O3. The molecule has 0 aliphatic carbocycles. The number of hydrogen-bond donors (Lipinski definition) is 3. The molecule has 7 heteroatoms. The van der Waals surface area contributed by atoms with Crippen LogP contribution in [0, 0.1) is 0 Å². The second kappa shape index (κ2) is 6.33. The van der Waals surface area contributed by atoms with Gasteiger partial charge in [0.15, 0.2) is 0 Å². The summed E-state index contributed by atoms with van der Waals surface area (Å²) in [6.45, 7) is 0.966. The molecule has 0 saturated carbocycles. The van der Waals surface area contributed by atoms with Crippen LogP contribution in [-0.2, 0) is 0 Å². The number of aromatic nitrogens is 1. The second-order valence-electron chi connectivity index (χ2n) is 3.87.